The van der Waals surface area contributed by atoms with Gasteiger partial charge in [-0.25, -0.2) is 4.98 Å². The minimum atomic E-state index is -1.41. The Morgan fingerprint density at radius 2 is 1.94 bits per heavy atom. The molecule has 0 amide bonds. The first-order chi connectivity index (χ1) is 8.22. The highest BCUT2D eigenvalue weighted by molar-refractivity contribution is 5.58. The quantitative estimate of drug-likeness (QED) is 0.684. The second-order valence-electron chi connectivity index (χ2n) is 3.61. The number of nitrogens with zero attached hydrogens (tertiary/aromatic N) is 2. The van der Waals surface area contributed by atoms with Gasteiger partial charge in [0.1, 0.15) is 6.10 Å². The van der Waals surface area contributed by atoms with Gasteiger partial charge in [-0.05, 0) is 11.1 Å². The van der Waals surface area contributed by atoms with Crippen LogP contribution in [0.15, 0.2) is 36.8 Å². The van der Waals surface area contributed by atoms with Gasteiger partial charge in [0.25, 0.3) is 0 Å². The van der Waals surface area contributed by atoms with Crippen LogP contribution < -0.4 is 0 Å². The molecule has 2 aromatic rings. The SMILES string of the molecule is N#CC(O)C(O)c1ccc(-c2cnc[nH]2)cc1. The summed E-state index contributed by atoms with van der Waals surface area (Å²) in [5, 5.41) is 27.3. The minimum Gasteiger partial charge on any atom is -0.385 e. The molecule has 1 heterocycles. The summed E-state index contributed by atoms with van der Waals surface area (Å²) in [4.78, 5) is 6.87. The third kappa shape index (κ3) is 2.33. The maximum Gasteiger partial charge on any atom is 0.170 e. The lowest BCUT2D eigenvalue weighted by atomic mass is 10.0. The summed E-state index contributed by atoms with van der Waals surface area (Å²) >= 11 is 0. The number of hydrogen-bond acceptors (Lipinski definition) is 4. The van der Waals surface area contributed by atoms with Crippen LogP contribution in [0.4, 0.5) is 0 Å². The fourth-order valence-corrected chi connectivity index (χ4v) is 1.53. The molecule has 0 bridgehead atoms. The van der Waals surface area contributed by atoms with Crippen LogP contribution in [0.25, 0.3) is 11.3 Å². The molecule has 0 radical (unpaired) electrons. The molecule has 3 N–H and O–H groups in total. The normalized spacial score (nSPS) is 13.9. The van der Waals surface area contributed by atoms with Gasteiger partial charge in [0, 0.05) is 0 Å². The average molecular weight is 229 g/mol. The molecule has 5 heteroatoms. The van der Waals surface area contributed by atoms with E-state index in [4.69, 9.17) is 5.26 Å². The van der Waals surface area contributed by atoms with Gasteiger partial charge < -0.3 is 15.2 Å². The molecule has 5 nitrogen and oxygen atoms in total. The van der Waals surface area contributed by atoms with Crippen LogP contribution in [0, 0.1) is 11.3 Å². The molecule has 0 saturated heterocycles. The van der Waals surface area contributed by atoms with Crippen LogP contribution in [0.3, 0.4) is 0 Å². The predicted molar refractivity (Wildman–Crippen MR) is 60.6 cm³/mol. The molecule has 17 heavy (non-hydrogen) atoms. The lowest BCUT2D eigenvalue weighted by Crippen LogP contribution is -2.15. The predicted octanol–water partition coefficient (Wildman–Crippen LogP) is 0.995. The van der Waals surface area contributed by atoms with E-state index in [1.165, 1.54) is 0 Å². The van der Waals surface area contributed by atoms with E-state index in [9.17, 15) is 10.2 Å². The van der Waals surface area contributed by atoms with Gasteiger partial charge in [0.2, 0.25) is 0 Å². The zero-order chi connectivity index (χ0) is 12.3. The van der Waals surface area contributed by atoms with Crippen LogP contribution in [0.1, 0.15) is 11.7 Å². The maximum atomic E-state index is 9.62. The summed E-state index contributed by atoms with van der Waals surface area (Å²) < 4.78 is 0. The summed E-state index contributed by atoms with van der Waals surface area (Å²) in [5.41, 5.74) is 2.29. The molecule has 0 fully saturated rings. The number of H-pyrrole nitrogens is 1. The van der Waals surface area contributed by atoms with Crippen LogP contribution in [-0.2, 0) is 0 Å². The maximum absolute atomic E-state index is 9.62. The molecule has 1 aromatic carbocycles. The van der Waals surface area contributed by atoms with Crippen LogP contribution in [0.5, 0.6) is 0 Å². The van der Waals surface area contributed by atoms with Crippen molar-refractivity contribution in [2.45, 2.75) is 12.2 Å². The van der Waals surface area contributed by atoms with E-state index in [2.05, 4.69) is 9.97 Å². The number of aromatic amines is 1. The van der Waals surface area contributed by atoms with Crippen molar-refractivity contribution in [3.8, 4) is 17.3 Å². The molecule has 0 saturated carbocycles. The third-order valence-corrected chi connectivity index (χ3v) is 2.49. The third-order valence-electron chi connectivity index (χ3n) is 2.49. The number of imidazole rings is 1. The Kier molecular flexibility index (Phi) is 3.19. The van der Waals surface area contributed by atoms with Gasteiger partial charge in [-0.15, -0.1) is 0 Å². The van der Waals surface area contributed by atoms with Gasteiger partial charge in [0.15, 0.2) is 6.10 Å². The molecule has 0 aliphatic heterocycles. The van der Waals surface area contributed by atoms with Gasteiger partial charge in [-0.2, -0.15) is 5.26 Å². The highest BCUT2D eigenvalue weighted by atomic mass is 16.3. The first-order valence-corrected chi connectivity index (χ1v) is 5.07. The van der Waals surface area contributed by atoms with Crippen molar-refractivity contribution in [1.82, 2.24) is 9.97 Å². The van der Waals surface area contributed by atoms with Crippen molar-refractivity contribution < 1.29 is 10.2 Å². The Morgan fingerprint density at radius 3 is 2.47 bits per heavy atom. The Morgan fingerprint density at radius 1 is 1.24 bits per heavy atom. The Labute approximate surface area is 98.0 Å². The van der Waals surface area contributed by atoms with Gasteiger partial charge in [-0.3, -0.25) is 0 Å². The number of hydrogen-bond donors (Lipinski definition) is 3. The highest BCUT2D eigenvalue weighted by Crippen LogP contribution is 2.21. The molecular formula is C12H11N3O2. The summed E-state index contributed by atoms with van der Waals surface area (Å²) in [7, 11) is 0. The van der Waals surface area contributed by atoms with E-state index in [1.54, 1.807) is 42.9 Å². The molecule has 86 valence electrons. The molecular weight excluding hydrogens is 218 g/mol. The lowest BCUT2D eigenvalue weighted by Gasteiger charge is -2.12. The standard InChI is InChI=1S/C12H11N3O2/c13-5-11(16)12(17)9-3-1-8(2-4-9)10-6-14-7-15-10/h1-4,6-7,11-12,16-17H,(H,14,15). The molecule has 2 rings (SSSR count). The number of aromatic nitrogens is 2. The first-order valence-electron chi connectivity index (χ1n) is 5.07. The Hall–Kier alpha value is -2.16. The summed E-state index contributed by atoms with van der Waals surface area (Å²) in [6.07, 6.45) is 0.677. The molecule has 0 spiro atoms. The molecule has 2 atom stereocenters. The van der Waals surface area contributed by atoms with Crippen molar-refractivity contribution in [1.29, 1.82) is 5.26 Å². The minimum absolute atomic E-state index is 0.502. The van der Waals surface area contributed by atoms with E-state index >= 15 is 0 Å². The van der Waals surface area contributed by atoms with E-state index in [1.807, 2.05) is 0 Å². The molecule has 2 unspecified atom stereocenters. The fraction of sp³-hybridized carbons (Fsp3) is 0.167. The number of rotatable bonds is 3. The summed E-state index contributed by atoms with van der Waals surface area (Å²) in [6.45, 7) is 0. The number of nitriles is 1. The van der Waals surface area contributed by atoms with Gasteiger partial charge in [-0.1, -0.05) is 24.3 Å². The van der Waals surface area contributed by atoms with E-state index in [0.717, 1.165) is 11.3 Å². The van der Waals surface area contributed by atoms with Crippen molar-refractivity contribution in [3.63, 3.8) is 0 Å². The Balaban J connectivity index is 2.22. The van der Waals surface area contributed by atoms with Crippen molar-refractivity contribution in [2.75, 3.05) is 0 Å². The first kappa shape index (κ1) is 11.3. The molecule has 1 aromatic heterocycles. The van der Waals surface area contributed by atoms with Crippen molar-refractivity contribution >= 4 is 0 Å². The van der Waals surface area contributed by atoms with E-state index < -0.39 is 12.2 Å². The summed E-state index contributed by atoms with van der Waals surface area (Å²) in [5.74, 6) is 0. The van der Waals surface area contributed by atoms with Gasteiger partial charge >= 0.3 is 0 Å². The van der Waals surface area contributed by atoms with Crippen molar-refractivity contribution in [3.05, 3.63) is 42.4 Å². The number of benzene rings is 1. The monoisotopic (exact) mass is 229 g/mol. The average Bonchev–Trinajstić information content (AvgIpc) is 2.91. The second-order valence-corrected chi connectivity index (χ2v) is 3.61. The largest absolute Gasteiger partial charge is 0.385 e. The van der Waals surface area contributed by atoms with Crippen LogP contribution >= 0.6 is 0 Å². The Bertz CT molecular complexity index is 514. The van der Waals surface area contributed by atoms with Crippen LogP contribution in [0.2, 0.25) is 0 Å². The number of aliphatic hydroxyl groups excluding tert-OH is 2. The smallest absolute Gasteiger partial charge is 0.170 e. The zero-order valence-corrected chi connectivity index (χ0v) is 8.91. The van der Waals surface area contributed by atoms with E-state index in [-0.39, 0.29) is 0 Å². The number of nitrogens with one attached hydrogen (secondary N) is 1. The van der Waals surface area contributed by atoms with Crippen molar-refractivity contribution in [2.24, 2.45) is 0 Å². The van der Waals surface area contributed by atoms with Gasteiger partial charge in [0.05, 0.1) is 24.3 Å². The summed E-state index contributed by atoms with van der Waals surface area (Å²) in [6, 6.07) is 8.51. The molecule has 0 aliphatic carbocycles. The second kappa shape index (κ2) is 4.78. The topological polar surface area (TPSA) is 92.9 Å². The number of aliphatic hydroxyl groups is 2. The van der Waals surface area contributed by atoms with E-state index in [0.29, 0.717) is 5.56 Å². The van der Waals surface area contributed by atoms with Crippen LogP contribution in [-0.4, -0.2) is 26.3 Å². The fourth-order valence-electron chi connectivity index (χ4n) is 1.53. The highest BCUT2D eigenvalue weighted by Gasteiger charge is 2.17. The lowest BCUT2D eigenvalue weighted by molar-refractivity contribution is 0.0528. The zero-order valence-electron chi connectivity index (χ0n) is 8.91. The molecule has 0 aliphatic rings.